The fourth-order valence-electron chi connectivity index (χ4n) is 2.69. The van der Waals surface area contributed by atoms with Gasteiger partial charge in [-0.2, -0.15) is 0 Å². The fourth-order valence-corrected chi connectivity index (χ4v) is 4.11. The topological polar surface area (TPSA) is 70.4 Å². The molecule has 0 aliphatic heterocycles. The van der Waals surface area contributed by atoms with Crippen LogP contribution < -0.4 is 5.56 Å². The van der Waals surface area contributed by atoms with E-state index in [0.29, 0.717) is 16.7 Å². The monoisotopic (exact) mass is 436 g/mol. The summed E-state index contributed by atoms with van der Waals surface area (Å²) in [5, 5.41) is 0.559. The molecule has 0 aliphatic carbocycles. The standard InChI is InChI=1S/C18H18BrN2O4P/c1-21-17(20-16-9-8-14(19)10-15(16)18(21)22)13-6-4-12(5-7-13)11-26(23,24-2)25-3/h4-10H,11H2,1-3H3. The molecule has 0 amide bonds. The first-order chi connectivity index (χ1) is 12.4. The maximum Gasteiger partial charge on any atom is 0.334 e. The number of nitrogens with zero attached hydrogens (tertiary/aromatic N) is 2. The molecule has 2 aromatic carbocycles. The van der Waals surface area contributed by atoms with Gasteiger partial charge in [-0.1, -0.05) is 40.2 Å². The lowest BCUT2D eigenvalue weighted by molar-refractivity contribution is 0.275. The molecule has 26 heavy (non-hydrogen) atoms. The van der Waals surface area contributed by atoms with Crippen LogP contribution in [-0.2, 0) is 26.8 Å². The molecule has 0 fully saturated rings. The van der Waals surface area contributed by atoms with Gasteiger partial charge in [0.05, 0.1) is 17.1 Å². The summed E-state index contributed by atoms with van der Waals surface area (Å²) in [5.74, 6) is 0.568. The molecule has 1 aromatic heterocycles. The van der Waals surface area contributed by atoms with Crippen LogP contribution in [0.2, 0.25) is 0 Å². The van der Waals surface area contributed by atoms with Crippen LogP contribution in [0.15, 0.2) is 51.7 Å². The molecule has 136 valence electrons. The smallest absolute Gasteiger partial charge is 0.312 e. The third-order valence-corrected chi connectivity index (χ3v) is 6.54. The number of fused-ring (bicyclic) bond motifs is 1. The van der Waals surface area contributed by atoms with E-state index in [-0.39, 0.29) is 11.7 Å². The van der Waals surface area contributed by atoms with E-state index < -0.39 is 7.60 Å². The first kappa shape index (κ1) is 19.0. The molecule has 8 heteroatoms. The summed E-state index contributed by atoms with van der Waals surface area (Å²) in [7, 11) is 1.31. The molecule has 0 saturated heterocycles. The van der Waals surface area contributed by atoms with Crippen LogP contribution in [0.4, 0.5) is 0 Å². The molecule has 0 bridgehead atoms. The molecule has 0 unspecified atom stereocenters. The molecule has 3 rings (SSSR count). The van der Waals surface area contributed by atoms with Crippen molar-refractivity contribution in [2.45, 2.75) is 6.16 Å². The molecule has 0 saturated carbocycles. The third-order valence-electron chi connectivity index (χ3n) is 4.18. The molecule has 0 atom stereocenters. The Bertz CT molecular complexity index is 1060. The number of rotatable bonds is 5. The zero-order valence-corrected chi connectivity index (χ0v) is 17.1. The maximum atomic E-state index is 12.6. The highest BCUT2D eigenvalue weighted by Gasteiger charge is 2.21. The van der Waals surface area contributed by atoms with Crippen LogP contribution in [-0.4, -0.2) is 23.8 Å². The van der Waals surface area contributed by atoms with Crippen molar-refractivity contribution in [1.82, 2.24) is 9.55 Å². The van der Waals surface area contributed by atoms with Gasteiger partial charge in [-0.15, -0.1) is 0 Å². The summed E-state index contributed by atoms with van der Waals surface area (Å²) < 4.78 is 24.5. The number of halogens is 1. The van der Waals surface area contributed by atoms with Gasteiger partial charge in [0, 0.05) is 31.3 Å². The average Bonchev–Trinajstić information content (AvgIpc) is 2.66. The number of hydrogen-bond donors (Lipinski definition) is 0. The second-order valence-electron chi connectivity index (χ2n) is 5.79. The van der Waals surface area contributed by atoms with Crippen LogP contribution in [0.1, 0.15) is 5.56 Å². The predicted octanol–water partition coefficient (Wildman–Crippen LogP) is 4.35. The fraction of sp³-hybridized carbons (Fsp3) is 0.222. The van der Waals surface area contributed by atoms with E-state index in [1.54, 1.807) is 13.1 Å². The van der Waals surface area contributed by atoms with E-state index in [1.807, 2.05) is 36.4 Å². The van der Waals surface area contributed by atoms with Crippen molar-refractivity contribution in [3.05, 3.63) is 62.9 Å². The minimum atomic E-state index is -3.12. The minimum Gasteiger partial charge on any atom is -0.312 e. The molecule has 1 heterocycles. The number of benzene rings is 2. The molecular weight excluding hydrogens is 419 g/mol. The van der Waals surface area contributed by atoms with E-state index >= 15 is 0 Å². The Morgan fingerprint density at radius 1 is 1.12 bits per heavy atom. The van der Waals surface area contributed by atoms with Crippen molar-refractivity contribution in [3.63, 3.8) is 0 Å². The first-order valence-corrected chi connectivity index (χ1v) is 10.3. The summed E-state index contributed by atoms with van der Waals surface area (Å²) in [4.78, 5) is 17.3. The quantitative estimate of drug-likeness (QED) is 0.556. The van der Waals surface area contributed by atoms with Crippen molar-refractivity contribution < 1.29 is 13.6 Å². The third kappa shape index (κ3) is 3.67. The van der Waals surface area contributed by atoms with E-state index in [9.17, 15) is 9.36 Å². The molecule has 6 nitrogen and oxygen atoms in total. The predicted molar refractivity (Wildman–Crippen MR) is 105 cm³/mol. The second kappa shape index (κ2) is 7.45. The Morgan fingerprint density at radius 2 is 1.77 bits per heavy atom. The number of hydrogen-bond acceptors (Lipinski definition) is 5. The molecule has 0 N–H and O–H groups in total. The van der Waals surface area contributed by atoms with Crippen molar-refractivity contribution >= 4 is 34.4 Å². The van der Waals surface area contributed by atoms with Gasteiger partial charge in [-0.05, 0) is 23.8 Å². The molecule has 0 aliphatic rings. The highest BCUT2D eigenvalue weighted by molar-refractivity contribution is 9.10. The Balaban J connectivity index is 2.02. The largest absolute Gasteiger partial charge is 0.334 e. The Morgan fingerprint density at radius 3 is 2.38 bits per heavy atom. The summed E-state index contributed by atoms with van der Waals surface area (Å²) in [5.41, 5.74) is 2.13. The molecular formula is C18H18BrN2O4P. The maximum absolute atomic E-state index is 12.6. The molecule has 0 spiro atoms. The lowest BCUT2D eigenvalue weighted by atomic mass is 10.1. The summed E-state index contributed by atoms with van der Waals surface area (Å²) in [6.07, 6.45) is 0.179. The van der Waals surface area contributed by atoms with E-state index in [0.717, 1.165) is 15.6 Å². The zero-order chi connectivity index (χ0) is 18.9. The van der Waals surface area contributed by atoms with Crippen LogP contribution >= 0.6 is 23.5 Å². The summed E-state index contributed by atoms with van der Waals surface area (Å²) >= 11 is 3.38. The van der Waals surface area contributed by atoms with E-state index in [4.69, 9.17) is 9.05 Å². The minimum absolute atomic E-state index is 0.112. The molecule has 0 radical (unpaired) electrons. The van der Waals surface area contributed by atoms with Crippen molar-refractivity contribution in [2.75, 3.05) is 14.2 Å². The van der Waals surface area contributed by atoms with Gasteiger partial charge in [-0.3, -0.25) is 13.9 Å². The normalized spacial score (nSPS) is 11.8. The van der Waals surface area contributed by atoms with Gasteiger partial charge in [0.2, 0.25) is 0 Å². The lowest BCUT2D eigenvalue weighted by Gasteiger charge is -2.14. The SMILES string of the molecule is COP(=O)(Cc1ccc(-c2nc3ccc(Br)cc3c(=O)n2C)cc1)OC. The van der Waals surface area contributed by atoms with Crippen molar-refractivity contribution in [3.8, 4) is 11.4 Å². The van der Waals surface area contributed by atoms with Gasteiger partial charge in [0.15, 0.2) is 0 Å². The van der Waals surface area contributed by atoms with Crippen molar-refractivity contribution in [1.29, 1.82) is 0 Å². The van der Waals surface area contributed by atoms with Gasteiger partial charge < -0.3 is 9.05 Å². The van der Waals surface area contributed by atoms with Gasteiger partial charge >= 0.3 is 7.60 Å². The summed E-state index contributed by atoms with van der Waals surface area (Å²) in [6.45, 7) is 0. The Hall–Kier alpha value is -1.79. The lowest BCUT2D eigenvalue weighted by Crippen LogP contribution is -2.20. The Kier molecular flexibility index (Phi) is 5.44. The highest BCUT2D eigenvalue weighted by atomic mass is 79.9. The highest BCUT2D eigenvalue weighted by Crippen LogP contribution is 2.49. The van der Waals surface area contributed by atoms with Crippen LogP contribution in [0.5, 0.6) is 0 Å². The van der Waals surface area contributed by atoms with Crippen LogP contribution in [0.25, 0.3) is 22.3 Å². The van der Waals surface area contributed by atoms with Crippen molar-refractivity contribution in [2.24, 2.45) is 7.05 Å². The zero-order valence-electron chi connectivity index (χ0n) is 14.6. The Labute approximate surface area is 159 Å². The molecule has 3 aromatic rings. The average molecular weight is 437 g/mol. The summed E-state index contributed by atoms with van der Waals surface area (Å²) in [6, 6.07) is 12.8. The first-order valence-electron chi connectivity index (χ1n) is 7.83. The second-order valence-corrected chi connectivity index (χ2v) is 8.98. The van der Waals surface area contributed by atoms with Gasteiger partial charge in [0.1, 0.15) is 5.82 Å². The van der Waals surface area contributed by atoms with Gasteiger partial charge in [0.25, 0.3) is 5.56 Å². The van der Waals surface area contributed by atoms with Crippen LogP contribution in [0, 0.1) is 0 Å². The van der Waals surface area contributed by atoms with Crippen LogP contribution in [0.3, 0.4) is 0 Å². The number of aromatic nitrogens is 2. The van der Waals surface area contributed by atoms with E-state index in [2.05, 4.69) is 20.9 Å². The van der Waals surface area contributed by atoms with E-state index in [1.165, 1.54) is 18.8 Å². The van der Waals surface area contributed by atoms with Gasteiger partial charge in [-0.25, -0.2) is 4.98 Å².